The van der Waals surface area contributed by atoms with Crippen molar-refractivity contribution >= 4 is 34.8 Å². The van der Waals surface area contributed by atoms with E-state index in [1.807, 2.05) is 20.8 Å². The Bertz CT molecular complexity index is 514. The molecule has 0 amide bonds. The van der Waals surface area contributed by atoms with Crippen molar-refractivity contribution in [1.82, 2.24) is 0 Å². The molecule has 0 aliphatic heterocycles. The molecular formula is C15H12Cl3. The predicted molar refractivity (Wildman–Crippen MR) is 80.0 cm³/mol. The van der Waals surface area contributed by atoms with Gasteiger partial charge in [-0.05, 0) is 61.2 Å². The number of hydrogen-bond donors (Lipinski definition) is 0. The first-order chi connectivity index (χ1) is 8.40. The van der Waals surface area contributed by atoms with Crippen molar-refractivity contribution in [1.29, 1.82) is 0 Å². The second-order valence-corrected chi connectivity index (χ2v) is 5.63. The molecule has 2 aromatic rings. The van der Waals surface area contributed by atoms with Gasteiger partial charge in [-0.25, -0.2) is 0 Å². The lowest BCUT2D eigenvalue weighted by molar-refractivity contribution is 1.31. The molecular weight excluding hydrogens is 287 g/mol. The van der Waals surface area contributed by atoms with Crippen LogP contribution < -0.4 is 0 Å². The Hall–Kier alpha value is -0.690. The summed E-state index contributed by atoms with van der Waals surface area (Å²) in [6.45, 7) is 6.08. The number of hydrogen-bond acceptors (Lipinski definition) is 0. The van der Waals surface area contributed by atoms with E-state index in [-0.39, 0.29) is 0 Å². The summed E-state index contributed by atoms with van der Waals surface area (Å²) in [4.78, 5) is 0. The molecule has 0 heterocycles. The minimum Gasteiger partial charge on any atom is -0.0842 e. The molecule has 1 radical (unpaired) electrons. The Morgan fingerprint density at radius 2 is 1.39 bits per heavy atom. The second kappa shape index (κ2) is 5.13. The fourth-order valence-corrected chi connectivity index (χ4v) is 3.26. The largest absolute Gasteiger partial charge is 0.0842 e. The van der Waals surface area contributed by atoms with E-state index in [0.29, 0.717) is 15.1 Å². The Balaban J connectivity index is 2.78. The van der Waals surface area contributed by atoms with E-state index < -0.39 is 0 Å². The third-order valence-electron chi connectivity index (χ3n) is 2.84. The molecule has 0 aliphatic rings. The first-order valence-electron chi connectivity index (χ1n) is 5.55. The molecule has 18 heavy (non-hydrogen) atoms. The van der Waals surface area contributed by atoms with Gasteiger partial charge in [-0.2, -0.15) is 0 Å². The van der Waals surface area contributed by atoms with Gasteiger partial charge < -0.3 is 0 Å². The van der Waals surface area contributed by atoms with E-state index in [1.54, 1.807) is 12.1 Å². The minimum absolute atomic E-state index is 0.542. The molecule has 0 nitrogen and oxygen atoms in total. The summed E-state index contributed by atoms with van der Waals surface area (Å²) in [5.41, 5.74) is 5.14. The fourth-order valence-electron chi connectivity index (χ4n) is 2.25. The van der Waals surface area contributed by atoms with E-state index in [2.05, 4.69) is 12.1 Å². The van der Waals surface area contributed by atoms with Gasteiger partial charge in [0.25, 0.3) is 0 Å². The summed E-state index contributed by atoms with van der Waals surface area (Å²) >= 11 is 18.5. The first-order valence-corrected chi connectivity index (χ1v) is 6.68. The van der Waals surface area contributed by atoms with Gasteiger partial charge in [-0.1, -0.05) is 40.9 Å². The number of rotatable bonds is 1. The van der Waals surface area contributed by atoms with Gasteiger partial charge in [0.15, 0.2) is 0 Å². The number of halogens is 3. The zero-order valence-corrected chi connectivity index (χ0v) is 12.6. The lowest BCUT2D eigenvalue weighted by Gasteiger charge is -2.14. The van der Waals surface area contributed by atoms with Crippen molar-refractivity contribution in [2.45, 2.75) is 20.8 Å². The maximum absolute atomic E-state index is 6.27. The van der Waals surface area contributed by atoms with Crippen molar-refractivity contribution < 1.29 is 0 Å². The van der Waals surface area contributed by atoms with Crippen LogP contribution in [0.15, 0.2) is 18.2 Å². The average molecular weight is 299 g/mol. The van der Waals surface area contributed by atoms with Crippen LogP contribution in [0.5, 0.6) is 0 Å². The number of benzene rings is 2. The highest BCUT2D eigenvalue weighted by Crippen LogP contribution is 2.40. The summed E-state index contributed by atoms with van der Waals surface area (Å²) in [7, 11) is 0. The zero-order chi connectivity index (χ0) is 13.4. The molecule has 0 saturated heterocycles. The van der Waals surface area contributed by atoms with Gasteiger partial charge in [0.1, 0.15) is 0 Å². The third kappa shape index (κ3) is 2.51. The summed E-state index contributed by atoms with van der Waals surface area (Å²) in [5, 5.41) is 1.67. The van der Waals surface area contributed by atoms with E-state index in [0.717, 1.165) is 27.8 Å². The third-order valence-corrected chi connectivity index (χ3v) is 3.66. The smallest absolute Gasteiger partial charge is 0.0514 e. The normalized spacial score (nSPS) is 10.8. The van der Waals surface area contributed by atoms with Gasteiger partial charge in [0.05, 0.1) is 10.0 Å². The number of aryl methyl sites for hydroxylation is 3. The van der Waals surface area contributed by atoms with Crippen molar-refractivity contribution in [2.24, 2.45) is 0 Å². The fraction of sp³-hybridized carbons (Fsp3) is 0.200. The lowest BCUT2D eigenvalue weighted by Crippen LogP contribution is -1.92. The van der Waals surface area contributed by atoms with Crippen LogP contribution in [-0.4, -0.2) is 0 Å². The van der Waals surface area contributed by atoms with Crippen LogP contribution >= 0.6 is 34.8 Å². The van der Waals surface area contributed by atoms with Crippen LogP contribution in [0.4, 0.5) is 0 Å². The summed E-state index contributed by atoms with van der Waals surface area (Å²) < 4.78 is 0. The molecule has 93 valence electrons. The van der Waals surface area contributed by atoms with Gasteiger partial charge in [0.2, 0.25) is 0 Å². The van der Waals surface area contributed by atoms with Crippen LogP contribution in [0.25, 0.3) is 11.1 Å². The van der Waals surface area contributed by atoms with Crippen LogP contribution in [0.2, 0.25) is 15.1 Å². The summed E-state index contributed by atoms with van der Waals surface area (Å²) in [6.07, 6.45) is 0. The van der Waals surface area contributed by atoms with Gasteiger partial charge in [-0.3, -0.25) is 0 Å². The maximum Gasteiger partial charge on any atom is 0.0514 e. The van der Waals surface area contributed by atoms with Crippen molar-refractivity contribution in [3.05, 3.63) is 56.0 Å². The van der Waals surface area contributed by atoms with Crippen LogP contribution in [0.3, 0.4) is 0 Å². The van der Waals surface area contributed by atoms with E-state index in [9.17, 15) is 0 Å². The Kier molecular flexibility index (Phi) is 3.91. The second-order valence-electron chi connectivity index (χ2n) is 4.38. The van der Waals surface area contributed by atoms with Crippen molar-refractivity contribution in [3.63, 3.8) is 0 Å². The topological polar surface area (TPSA) is 0 Å². The van der Waals surface area contributed by atoms with E-state index in [1.165, 1.54) is 0 Å². The molecule has 0 spiro atoms. The SMILES string of the molecule is Cc1[c]c(C)c(-c2c(Cl)cc(Cl)cc2Cl)c(C)c1. The molecule has 3 heteroatoms. The minimum atomic E-state index is 0.542. The molecule has 0 aromatic heterocycles. The van der Waals surface area contributed by atoms with Crippen molar-refractivity contribution in [2.75, 3.05) is 0 Å². The Morgan fingerprint density at radius 1 is 0.833 bits per heavy atom. The van der Waals surface area contributed by atoms with E-state index >= 15 is 0 Å². The lowest BCUT2D eigenvalue weighted by atomic mass is 9.94. The summed E-state index contributed by atoms with van der Waals surface area (Å²) in [5.74, 6) is 0. The van der Waals surface area contributed by atoms with Crippen LogP contribution in [0, 0.1) is 26.8 Å². The quantitative estimate of drug-likeness (QED) is 0.602. The highest BCUT2D eigenvalue weighted by Gasteiger charge is 2.15. The van der Waals surface area contributed by atoms with Gasteiger partial charge >= 0.3 is 0 Å². The van der Waals surface area contributed by atoms with Crippen LogP contribution in [-0.2, 0) is 0 Å². The standard InChI is InChI=1S/C15H12Cl3/c1-8-4-9(2)14(10(3)5-8)15-12(17)6-11(16)7-13(15)18/h4,6-7H,1-3H3. The first kappa shape index (κ1) is 13.7. The molecule has 2 rings (SSSR count). The molecule has 0 aliphatic carbocycles. The predicted octanol–water partition coefficient (Wildman–Crippen LogP) is 6.04. The van der Waals surface area contributed by atoms with E-state index in [4.69, 9.17) is 34.8 Å². The molecule has 0 saturated carbocycles. The molecule has 2 aromatic carbocycles. The zero-order valence-electron chi connectivity index (χ0n) is 10.4. The Morgan fingerprint density at radius 3 is 1.89 bits per heavy atom. The molecule has 0 fully saturated rings. The monoisotopic (exact) mass is 297 g/mol. The van der Waals surface area contributed by atoms with Crippen molar-refractivity contribution in [3.8, 4) is 11.1 Å². The van der Waals surface area contributed by atoms with Gasteiger partial charge in [-0.15, -0.1) is 0 Å². The molecule has 0 atom stereocenters. The van der Waals surface area contributed by atoms with Gasteiger partial charge in [0, 0.05) is 10.6 Å². The highest BCUT2D eigenvalue weighted by atomic mass is 35.5. The molecule has 0 N–H and O–H groups in total. The maximum atomic E-state index is 6.27. The average Bonchev–Trinajstić information content (AvgIpc) is 2.20. The highest BCUT2D eigenvalue weighted by molar-refractivity contribution is 6.41. The van der Waals surface area contributed by atoms with Crippen LogP contribution in [0.1, 0.15) is 16.7 Å². The Labute approximate surface area is 122 Å². The molecule has 0 bridgehead atoms. The summed E-state index contributed by atoms with van der Waals surface area (Å²) in [6, 6.07) is 8.79. The molecule has 0 unspecified atom stereocenters.